The molecule has 0 atom stereocenters. The third-order valence-electron chi connectivity index (χ3n) is 3.03. The van der Waals surface area contributed by atoms with Crippen LogP contribution in [0.5, 0.6) is 0 Å². The van der Waals surface area contributed by atoms with Gasteiger partial charge in [0.15, 0.2) is 5.96 Å². The minimum Gasteiger partial charge on any atom is -0.382 e. The van der Waals surface area contributed by atoms with Crippen molar-refractivity contribution in [2.75, 3.05) is 46.8 Å². The molecule has 6 heteroatoms. The van der Waals surface area contributed by atoms with Crippen molar-refractivity contribution in [1.29, 1.82) is 0 Å². The summed E-state index contributed by atoms with van der Waals surface area (Å²) in [6.45, 7) is 3.61. The second kappa shape index (κ2) is 12.3. The smallest absolute Gasteiger partial charge is 0.191 e. The number of rotatable bonds is 10. The van der Waals surface area contributed by atoms with Crippen LogP contribution in [0.3, 0.4) is 0 Å². The maximum Gasteiger partial charge on any atom is 0.191 e. The van der Waals surface area contributed by atoms with Crippen LogP contribution in [0.2, 0.25) is 0 Å². The minimum absolute atomic E-state index is 0.645. The van der Waals surface area contributed by atoms with E-state index in [0.29, 0.717) is 13.2 Å². The topological polar surface area (TPSA) is 54.9 Å². The van der Waals surface area contributed by atoms with Gasteiger partial charge in [-0.1, -0.05) is 12.1 Å². The van der Waals surface area contributed by atoms with E-state index >= 15 is 0 Å². The number of hydrogen-bond donors (Lipinski definition) is 2. The lowest BCUT2D eigenvalue weighted by molar-refractivity contribution is 0.0698. The van der Waals surface area contributed by atoms with E-state index in [4.69, 9.17) is 9.47 Å². The second-order valence-corrected chi connectivity index (χ2v) is 5.54. The molecule has 0 spiro atoms. The molecule has 0 aliphatic carbocycles. The predicted molar refractivity (Wildman–Crippen MR) is 93.7 cm³/mol. The van der Waals surface area contributed by atoms with Crippen LogP contribution in [-0.2, 0) is 16.0 Å². The van der Waals surface area contributed by atoms with Crippen molar-refractivity contribution in [1.82, 2.24) is 10.6 Å². The molecule has 0 bridgehead atoms. The molecule has 0 saturated carbocycles. The number of benzene rings is 1. The molecule has 22 heavy (non-hydrogen) atoms. The number of thioether (sulfide) groups is 1. The number of nitrogens with one attached hydrogen (secondary N) is 2. The molecule has 1 aromatic rings. The molecule has 0 amide bonds. The van der Waals surface area contributed by atoms with Gasteiger partial charge in [0.05, 0.1) is 13.2 Å². The van der Waals surface area contributed by atoms with Crippen LogP contribution in [-0.4, -0.2) is 52.7 Å². The van der Waals surface area contributed by atoms with E-state index in [2.05, 4.69) is 46.1 Å². The maximum absolute atomic E-state index is 5.41. The molecular weight excluding hydrogens is 298 g/mol. The summed E-state index contributed by atoms with van der Waals surface area (Å²) < 4.78 is 10.3. The van der Waals surface area contributed by atoms with Crippen LogP contribution < -0.4 is 10.6 Å². The molecule has 2 N–H and O–H groups in total. The molecule has 124 valence electrons. The van der Waals surface area contributed by atoms with Gasteiger partial charge in [0.1, 0.15) is 0 Å². The fourth-order valence-corrected chi connectivity index (χ4v) is 2.18. The van der Waals surface area contributed by atoms with Gasteiger partial charge in [-0.05, 0) is 30.4 Å². The van der Waals surface area contributed by atoms with E-state index in [9.17, 15) is 0 Å². The Bertz CT molecular complexity index is 424. The SMILES string of the molecule is CN=C(NCCCOCCOC)NCc1ccc(SC)cc1. The van der Waals surface area contributed by atoms with E-state index in [0.717, 1.165) is 32.1 Å². The Balaban J connectivity index is 2.16. The first kappa shape index (κ1) is 18.8. The summed E-state index contributed by atoms with van der Waals surface area (Å²) >= 11 is 1.75. The fourth-order valence-electron chi connectivity index (χ4n) is 1.78. The third-order valence-corrected chi connectivity index (χ3v) is 3.78. The Morgan fingerprint density at radius 1 is 1.14 bits per heavy atom. The highest BCUT2D eigenvalue weighted by Crippen LogP contribution is 2.14. The Morgan fingerprint density at radius 2 is 1.91 bits per heavy atom. The highest BCUT2D eigenvalue weighted by Gasteiger charge is 1.98. The van der Waals surface area contributed by atoms with E-state index in [-0.39, 0.29) is 0 Å². The zero-order chi connectivity index (χ0) is 16.0. The lowest BCUT2D eigenvalue weighted by Crippen LogP contribution is -2.37. The third kappa shape index (κ3) is 8.26. The summed E-state index contributed by atoms with van der Waals surface area (Å²) in [5, 5.41) is 6.58. The Morgan fingerprint density at radius 3 is 2.55 bits per heavy atom. The van der Waals surface area contributed by atoms with Crippen LogP contribution >= 0.6 is 11.8 Å². The van der Waals surface area contributed by atoms with Gasteiger partial charge >= 0.3 is 0 Å². The highest BCUT2D eigenvalue weighted by atomic mass is 32.2. The maximum atomic E-state index is 5.41. The van der Waals surface area contributed by atoms with Crippen molar-refractivity contribution in [2.45, 2.75) is 17.9 Å². The van der Waals surface area contributed by atoms with Gasteiger partial charge in [-0.15, -0.1) is 11.8 Å². The van der Waals surface area contributed by atoms with E-state index in [1.54, 1.807) is 25.9 Å². The van der Waals surface area contributed by atoms with Crippen molar-refractivity contribution in [2.24, 2.45) is 4.99 Å². The Hall–Kier alpha value is -1.24. The molecule has 0 radical (unpaired) electrons. The van der Waals surface area contributed by atoms with Crippen molar-refractivity contribution >= 4 is 17.7 Å². The molecule has 0 aromatic heterocycles. The minimum atomic E-state index is 0.645. The van der Waals surface area contributed by atoms with Crippen molar-refractivity contribution in [3.8, 4) is 0 Å². The summed E-state index contributed by atoms with van der Waals surface area (Å²) in [5.74, 6) is 0.811. The molecule has 0 heterocycles. The normalized spacial score (nSPS) is 11.5. The standard InChI is InChI=1S/C16H27N3O2S/c1-17-16(18-9-4-10-21-12-11-20-2)19-13-14-5-7-15(22-3)8-6-14/h5-8H,4,9-13H2,1-3H3,(H2,17,18,19). The van der Waals surface area contributed by atoms with Crippen LogP contribution in [0.1, 0.15) is 12.0 Å². The molecular formula is C16H27N3O2S. The Labute approximate surface area is 137 Å². The van der Waals surface area contributed by atoms with E-state index < -0.39 is 0 Å². The van der Waals surface area contributed by atoms with Crippen LogP contribution in [0.15, 0.2) is 34.2 Å². The quantitative estimate of drug-likeness (QED) is 0.299. The molecule has 1 rings (SSSR count). The number of methoxy groups -OCH3 is 1. The number of nitrogens with zero attached hydrogens (tertiary/aromatic N) is 1. The van der Waals surface area contributed by atoms with Gasteiger partial charge in [-0.2, -0.15) is 0 Å². The molecule has 1 aromatic carbocycles. The van der Waals surface area contributed by atoms with E-state index in [1.807, 2.05) is 0 Å². The molecule has 0 aliphatic heterocycles. The van der Waals surface area contributed by atoms with Gasteiger partial charge in [-0.25, -0.2) is 0 Å². The monoisotopic (exact) mass is 325 g/mol. The largest absolute Gasteiger partial charge is 0.382 e. The van der Waals surface area contributed by atoms with Crippen molar-refractivity contribution in [3.63, 3.8) is 0 Å². The van der Waals surface area contributed by atoms with E-state index in [1.165, 1.54) is 10.5 Å². The lowest BCUT2D eigenvalue weighted by Gasteiger charge is -2.12. The molecule has 0 aliphatic rings. The number of aliphatic imine (C=N–C) groups is 1. The first-order valence-electron chi connectivity index (χ1n) is 7.44. The summed E-state index contributed by atoms with van der Waals surface area (Å²) in [6, 6.07) is 8.54. The lowest BCUT2D eigenvalue weighted by atomic mass is 10.2. The summed E-state index contributed by atoms with van der Waals surface area (Å²) in [7, 11) is 3.45. The van der Waals surface area contributed by atoms with Gasteiger partial charge in [0.25, 0.3) is 0 Å². The van der Waals surface area contributed by atoms with Crippen LogP contribution in [0.25, 0.3) is 0 Å². The highest BCUT2D eigenvalue weighted by molar-refractivity contribution is 7.98. The molecule has 0 fully saturated rings. The van der Waals surface area contributed by atoms with Gasteiger partial charge < -0.3 is 20.1 Å². The van der Waals surface area contributed by atoms with Crippen LogP contribution in [0, 0.1) is 0 Å². The van der Waals surface area contributed by atoms with Crippen molar-refractivity contribution in [3.05, 3.63) is 29.8 Å². The van der Waals surface area contributed by atoms with Gasteiger partial charge in [0.2, 0.25) is 0 Å². The zero-order valence-corrected chi connectivity index (χ0v) is 14.5. The van der Waals surface area contributed by atoms with Gasteiger partial charge in [0, 0.05) is 38.7 Å². The second-order valence-electron chi connectivity index (χ2n) is 4.66. The van der Waals surface area contributed by atoms with Crippen LogP contribution in [0.4, 0.5) is 0 Å². The predicted octanol–water partition coefficient (Wildman–Crippen LogP) is 2.13. The first-order valence-corrected chi connectivity index (χ1v) is 8.66. The average Bonchev–Trinajstić information content (AvgIpc) is 2.57. The molecule has 0 saturated heterocycles. The number of hydrogen-bond acceptors (Lipinski definition) is 4. The average molecular weight is 325 g/mol. The summed E-state index contributed by atoms with van der Waals surface area (Å²) in [5.41, 5.74) is 1.24. The summed E-state index contributed by atoms with van der Waals surface area (Å²) in [6.07, 6.45) is 3.02. The number of ether oxygens (including phenoxy) is 2. The number of guanidine groups is 1. The molecule has 5 nitrogen and oxygen atoms in total. The first-order chi connectivity index (χ1) is 10.8. The Kier molecular flexibility index (Phi) is 10.5. The molecule has 0 unspecified atom stereocenters. The zero-order valence-electron chi connectivity index (χ0n) is 13.7. The van der Waals surface area contributed by atoms with Crippen molar-refractivity contribution < 1.29 is 9.47 Å². The van der Waals surface area contributed by atoms with Gasteiger partial charge in [-0.3, -0.25) is 4.99 Å². The fraction of sp³-hybridized carbons (Fsp3) is 0.562. The summed E-state index contributed by atoms with van der Waals surface area (Å²) in [4.78, 5) is 5.49.